The zero-order chi connectivity index (χ0) is 83.7. The third-order valence-corrected chi connectivity index (χ3v) is 18.2. The maximum Gasteiger partial charge on any atom is 0.410 e. The number of hydrogen-bond donors (Lipinski definition) is 12. The first-order valence-electron chi connectivity index (χ1n) is 40.1. The molecule has 3 rings (SSSR count). The topological polar surface area (TPSA) is 479 Å². The summed E-state index contributed by atoms with van der Waals surface area (Å²) >= 11 is 0. The van der Waals surface area contributed by atoms with Crippen LogP contribution in [0.25, 0.3) is 0 Å². The first-order valence-corrected chi connectivity index (χ1v) is 40.1. The van der Waals surface area contributed by atoms with E-state index in [-0.39, 0.29) is 134 Å². The second-order valence-corrected chi connectivity index (χ2v) is 29.5. The molecule has 2 aliphatic carbocycles. The number of nitrogens with zero attached hydrogens (tertiary/aromatic N) is 3. The second kappa shape index (κ2) is 60.5. The molecule has 0 saturated carbocycles. The first-order chi connectivity index (χ1) is 54.7. The largest absolute Gasteiger partial charge is 0.445 e. The van der Waals surface area contributed by atoms with Crippen molar-refractivity contribution in [3.05, 3.63) is 41.2 Å². The van der Waals surface area contributed by atoms with E-state index in [2.05, 4.69) is 75.6 Å². The van der Waals surface area contributed by atoms with Gasteiger partial charge in [0.15, 0.2) is 0 Å². The molecule has 1 aromatic rings. The summed E-state index contributed by atoms with van der Waals surface area (Å²) in [7, 11) is 7.64. The Balaban J connectivity index is 1.51. The van der Waals surface area contributed by atoms with Crippen molar-refractivity contribution in [2.24, 2.45) is 34.9 Å². The molecule has 16 N–H and O–H groups in total. The number of benzene rings is 1. The number of unbranched alkanes of at least 4 members (excludes halogenated alkanes) is 2. The standard InChI is InChI=1S/C78H135N15O21/c1-57(2)71(74(79)99)89-76(101)63(88-68(96)30-38-105-42-46-109-50-52-111-48-44-107-40-34-86-69(97)55-112-62-20-12-10-9-11-13-21-62)22-14-16-31-84-70(98)56-113-65-23-18-19-61(53-64(72(65)90-82)83-33-39-106-43-47-110-51-49-108-45-41-104-37-29-66(94)85-32-36-93(6,7)8)92(77(81)102)35-17-15-24-67(95)87-60-27-25-59(26-28-60)54-114-78(103)91(5)73(58(3)4)75(80)100/h25-28,57-58,61-63,65,71,73,83,90H,9-12,14-20,22-24,29-56,82H2,1-8H3,(H11-,79,80,81,84,85,86,87,88,89,94,95,96,97,98,99,100,101,102)/p+1/b72-64-/t61?,62?,63-,65?,71+,73+/m1/s1. The SMILES string of the molecule is CC(C)[C@H](NC(=O)[C@@H](CCCCNC(=O)COC1CCCC(N(CCCCC(=O)Nc2ccc(COC(=O)N(C)[C@H](C(N)=O)C(C)C)cc2)C(N)=O)C/C(NCCOCCOCCOCCOCCC(=O)NCC[N+](C)(C)C)=C\1NN)NC(=O)CCOCCOCCOCCOCCNC(=O)COC1C#CCCCCC1)C(N)=O. The highest BCUT2D eigenvalue weighted by Gasteiger charge is 2.32. The Morgan fingerprint density at radius 2 is 1.13 bits per heavy atom. The molecule has 0 aliphatic heterocycles. The number of nitrogens with one attached hydrogen (secondary N) is 8. The number of rotatable bonds is 63. The summed E-state index contributed by atoms with van der Waals surface area (Å²) in [6, 6.07) is 2.86. The van der Waals surface area contributed by atoms with Crippen LogP contribution < -0.4 is 65.7 Å². The van der Waals surface area contributed by atoms with Crippen molar-refractivity contribution >= 4 is 65.1 Å². The zero-order valence-corrected chi connectivity index (χ0v) is 68.9. The van der Waals surface area contributed by atoms with Crippen molar-refractivity contribution in [2.75, 3.05) is 192 Å². The van der Waals surface area contributed by atoms with Crippen molar-refractivity contribution in [3.63, 3.8) is 0 Å². The molecule has 36 nitrogen and oxygen atoms in total. The van der Waals surface area contributed by atoms with Crippen LogP contribution in [0, 0.1) is 23.7 Å². The highest BCUT2D eigenvalue weighted by atomic mass is 16.6. The van der Waals surface area contributed by atoms with Crippen molar-refractivity contribution in [1.29, 1.82) is 0 Å². The van der Waals surface area contributed by atoms with Gasteiger partial charge in [-0.3, -0.25) is 49.1 Å². The third-order valence-electron chi connectivity index (χ3n) is 18.2. The molecule has 0 spiro atoms. The monoisotopic (exact) mass is 1620 g/mol. The Bertz CT molecular complexity index is 3060. The van der Waals surface area contributed by atoms with E-state index in [1.165, 1.54) is 11.9 Å². The smallest absolute Gasteiger partial charge is 0.410 e. The van der Waals surface area contributed by atoms with Gasteiger partial charge in [0.05, 0.1) is 146 Å². The van der Waals surface area contributed by atoms with Crippen LogP contribution in [0.15, 0.2) is 35.7 Å². The Morgan fingerprint density at radius 1 is 0.561 bits per heavy atom. The normalized spacial score (nSPS) is 16.6. The molecule has 1 aromatic carbocycles. The van der Waals surface area contributed by atoms with Gasteiger partial charge in [-0.05, 0) is 100 Å². The van der Waals surface area contributed by atoms with Crippen LogP contribution in [-0.2, 0) is 97.1 Å². The number of amides is 11. The molecular weight excluding hydrogens is 1480 g/mol. The molecule has 648 valence electrons. The zero-order valence-electron chi connectivity index (χ0n) is 68.9. The second-order valence-electron chi connectivity index (χ2n) is 29.5. The highest BCUT2D eigenvalue weighted by Crippen LogP contribution is 2.27. The summed E-state index contributed by atoms with van der Waals surface area (Å²) < 4.78 is 63.1. The van der Waals surface area contributed by atoms with E-state index in [9.17, 15) is 47.9 Å². The highest BCUT2D eigenvalue weighted by molar-refractivity contribution is 5.92. The maximum absolute atomic E-state index is 13.6. The molecule has 0 bridgehead atoms. The molecular formula is C78H136N15O21+. The van der Waals surface area contributed by atoms with Crippen LogP contribution >= 0.6 is 0 Å². The number of carbonyl (C=O) groups is 10. The summed E-state index contributed by atoms with van der Waals surface area (Å²) in [6.07, 6.45) is 7.19. The van der Waals surface area contributed by atoms with Gasteiger partial charge in [-0.25, -0.2) is 9.59 Å². The number of primary amides is 3. The lowest BCUT2D eigenvalue weighted by Gasteiger charge is -2.35. The maximum atomic E-state index is 13.6. The van der Waals surface area contributed by atoms with Gasteiger partial charge in [-0.1, -0.05) is 52.2 Å². The summed E-state index contributed by atoms with van der Waals surface area (Å²) in [5.74, 6) is 8.56. The molecule has 0 saturated heterocycles. The van der Waals surface area contributed by atoms with Crippen LogP contribution in [0.4, 0.5) is 15.3 Å². The van der Waals surface area contributed by atoms with Crippen molar-refractivity contribution in [1.82, 2.24) is 47.1 Å². The Kier molecular flexibility index (Phi) is 53.1. The van der Waals surface area contributed by atoms with E-state index in [0.717, 1.165) is 43.1 Å². The molecule has 11 amide bonds. The minimum Gasteiger partial charge on any atom is -0.445 e. The van der Waals surface area contributed by atoms with Crippen molar-refractivity contribution in [3.8, 4) is 11.8 Å². The number of nitrogens with two attached hydrogens (primary N) is 4. The van der Waals surface area contributed by atoms with Crippen molar-refractivity contribution in [2.45, 2.75) is 180 Å². The Morgan fingerprint density at radius 3 is 1.70 bits per heavy atom. The molecule has 3 unspecified atom stereocenters. The first kappa shape index (κ1) is 100. The Labute approximate surface area is 673 Å². The number of ether oxygens (including phenoxy) is 11. The van der Waals surface area contributed by atoms with Gasteiger partial charge >= 0.3 is 12.1 Å². The minimum absolute atomic E-state index is 0.0414. The predicted octanol–water partition coefficient (Wildman–Crippen LogP) is 1.45. The lowest BCUT2D eigenvalue weighted by Crippen LogP contribution is -2.54. The fraction of sp³-hybridized carbons (Fsp3) is 0.744. The molecule has 114 heavy (non-hydrogen) atoms. The van der Waals surface area contributed by atoms with E-state index in [0.29, 0.717) is 160 Å². The molecule has 2 aliphatic rings. The molecule has 0 fully saturated rings. The number of quaternary nitrogens is 1. The van der Waals surface area contributed by atoms with Crippen LogP contribution in [0.2, 0.25) is 0 Å². The molecule has 0 aromatic heterocycles. The number of anilines is 1. The quantitative estimate of drug-likeness (QED) is 0.0144. The molecule has 0 radical (unpaired) electrons. The Hall–Kier alpha value is -8.06. The summed E-state index contributed by atoms with van der Waals surface area (Å²) in [4.78, 5) is 130. The summed E-state index contributed by atoms with van der Waals surface area (Å²) in [5, 5.41) is 20.3. The van der Waals surface area contributed by atoms with E-state index < -0.39 is 71.9 Å². The molecule has 0 heterocycles. The van der Waals surface area contributed by atoms with Crippen molar-refractivity contribution < 1.29 is 105 Å². The average Bonchev–Trinajstić information content (AvgIpc) is 0.833. The van der Waals surface area contributed by atoms with E-state index in [4.69, 9.17) is 75.1 Å². The fourth-order valence-corrected chi connectivity index (χ4v) is 12.0. The number of likely N-dealkylation sites (N-methyl/N-ethyl adjacent to an activating group) is 2. The van der Waals surface area contributed by atoms with Crippen LogP contribution in [0.5, 0.6) is 0 Å². The predicted molar refractivity (Wildman–Crippen MR) is 425 cm³/mol. The minimum atomic E-state index is -1.04. The number of hydrogen-bond acceptors (Lipinski definition) is 24. The lowest BCUT2D eigenvalue weighted by atomic mass is 9.94. The van der Waals surface area contributed by atoms with E-state index >= 15 is 0 Å². The average molecular weight is 1620 g/mol. The van der Waals surface area contributed by atoms with Gasteiger partial charge in [0.1, 0.15) is 50.2 Å². The lowest BCUT2D eigenvalue weighted by molar-refractivity contribution is -0.869. The van der Waals surface area contributed by atoms with Gasteiger partial charge in [0.2, 0.25) is 47.3 Å². The summed E-state index contributed by atoms with van der Waals surface area (Å²) in [5.41, 5.74) is 22.2. The van der Waals surface area contributed by atoms with Gasteiger partial charge in [0.25, 0.3) is 0 Å². The fourth-order valence-electron chi connectivity index (χ4n) is 12.0. The number of hydrazine groups is 1. The van der Waals surface area contributed by atoms with Crippen LogP contribution in [-0.4, -0.2) is 296 Å². The van der Waals surface area contributed by atoms with Gasteiger partial charge in [-0.2, -0.15) is 0 Å². The van der Waals surface area contributed by atoms with Gasteiger partial charge in [0, 0.05) is 82.8 Å². The third kappa shape index (κ3) is 47.1. The van der Waals surface area contributed by atoms with E-state index in [1.807, 2.05) is 0 Å². The van der Waals surface area contributed by atoms with Crippen LogP contribution in [0.1, 0.15) is 142 Å². The van der Waals surface area contributed by atoms with Crippen LogP contribution in [0.3, 0.4) is 0 Å². The number of carbonyl (C=O) groups excluding carboxylic acids is 10. The van der Waals surface area contributed by atoms with Gasteiger partial charge in [-0.15, -0.1) is 5.92 Å². The molecule has 6 atom stereocenters. The van der Waals surface area contributed by atoms with E-state index in [1.54, 1.807) is 56.9 Å². The van der Waals surface area contributed by atoms with Gasteiger partial charge < -0.3 is 121 Å². The number of urea groups is 1. The summed E-state index contributed by atoms with van der Waals surface area (Å²) in [6.45, 7) is 13.7. The molecule has 36 heteroatoms.